The molecule has 0 bridgehead atoms. The Morgan fingerprint density at radius 2 is 1.16 bits per heavy atom. The fraction of sp³-hybridized carbons (Fsp3) is 0.167. The molecule has 1 aromatic rings. The van der Waals surface area contributed by atoms with E-state index in [0.29, 0.717) is 11.1 Å². The SMILES string of the molecule is CC(=O)O.CC(=O)O.O=C1NC(=O)c2ccccc21. The van der Waals surface area contributed by atoms with E-state index < -0.39 is 11.9 Å². The molecule has 0 saturated carbocycles. The zero-order valence-corrected chi connectivity index (χ0v) is 10.3. The number of imide groups is 1. The molecule has 2 rings (SSSR count). The summed E-state index contributed by atoms with van der Waals surface area (Å²) < 4.78 is 0. The van der Waals surface area contributed by atoms with Crippen LogP contribution in [0.4, 0.5) is 0 Å². The standard InChI is InChI=1S/C8H5NO2.2C2H4O2/c10-7-5-3-1-2-4-6(5)8(11)9-7;2*1-2(3)4/h1-4H,(H,9,10,11);2*1H3,(H,3,4). The highest BCUT2D eigenvalue weighted by Gasteiger charge is 2.25. The van der Waals surface area contributed by atoms with Crippen molar-refractivity contribution >= 4 is 23.8 Å². The fourth-order valence-corrected chi connectivity index (χ4v) is 1.12. The summed E-state index contributed by atoms with van der Waals surface area (Å²) >= 11 is 0. The number of carbonyl (C=O) groups excluding carboxylic acids is 2. The molecule has 7 heteroatoms. The Morgan fingerprint density at radius 3 is 1.42 bits per heavy atom. The van der Waals surface area contributed by atoms with Gasteiger partial charge in [0.2, 0.25) is 0 Å². The maximum absolute atomic E-state index is 10.9. The molecule has 3 N–H and O–H groups in total. The predicted molar refractivity (Wildman–Crippen MR) is 64.9 cm³/mol. The Morgan fingerprint density at radius 1 is 0.895 bits per heavy atom. The molecule has 0 saturated heterocycles. The highest BCUT2D eigenvalue weighted by molar-refractivity contribution is 6.21. The predicted octanol–water partition coefficient (Wildman–Crippen LogP) is 0.752. The number of rotatable bonds is 0. The Kier molecular flexibility index (Phi) is 6.51. The minimum atomic E-state index is -0.833. The lowest BCUT2D eigenvalue weighted by Gasteiger charge is -1.88. The van der Waals surface area contributed by atoms with Gasteiger partial charge in [0.1, 0.15) is 0 Å². The number of fused-ring (bicyclic) bond motifs is 1. The number of aliphatic carboxylic acids is 2. The van der Waals surface area contributed by atoms with Crippen LogP contribution in [0.2, 0.25) is 0 Å². The van der Waals surface area contributed by atoms with Crippen LogP contribution in [0, 0.1) is 0 Å². The second kappa shape index (κ2) is 7.59. The summed E-state index contributed by atoms with van der Waals surface area (Å²) in [6, 6.07) is 6.74. The van der Waals surface area contributed by atoms with Crippen LogP contribution in [0.15, 0.2) is 24.3 Å². The van der Waals surface area contributed by atoms with Gasteiger partial charge in [0, 0.05) is 13.8 Å². The third-order valence-corrected chi connectivity index (χ3v) is 1.64. The molecule has 0 spiro atoms. The molecule has 1 aliphatic heterocycles. The summed E-state index contributed by atoms with van der Waals surface area (Å²) in [5, 5.41) is 17.0. The average Bonchev–Trinajstić information content (AvgIpc) is 2.54. The summed E-state index contributed by atoms with van der Waals surface area (Å²) in [7, 11) is 0. The van der Waals surface area contributed by atoms with E-state index in [0.717, 1.165) is 13.8 Å². The van der Waals surface area contributed by atoms with Crippen molar-refractivity contribution in [2.24, 2.45) is 0 Å². The van der Waals surface area contributed by atoms with Crippen LogP contribution >= 0.6 is 0 Å². The highest BCUT2D eigenvalue weighted by Crippen LogP contribution is 2.13. The molecule has 0 unspecified atom stereocenters. The molecule has 7 nitrogen and oxygen atoms in total. The molecule has 19 heavy (non-hydrogen) atoms. The van der Waals surface area contributed by atoms with E-state index in [-0.39, 0.29) is 11.8 Å². The first-order chi connectivity index (χ1) is 8.75. The summed E-state index contributed by atoms with van der Waals surface area (Å²) in [5.74, 6) is -2.27. The molecule has 1 heterocycles. The summed E-state index contributed by atoms with van der Waals surface area (Å²) in [6.07, 6.45) is 0. The fourth-order valence-electron chi connectivity index (χ4n) is 1.12. The summed E-state index contributed by atoms with van der Waals surface area (Å²) in [6.45, 7) is 2.17. The normalized spacial score (nSPS) is 11.1. The van der Waals surface area contributed by atoms with Gasteiger partial charge in [-0.3, -0.25) is 24.5 Å². The lowest BCUT2D eigenvalue weighted by Crippen LogP contribution is -2.19. The van der Waals surface area contributed by atoms with Gasteiger partial charge < -0.3 is 10.2 Å². The maximum atomic E-state index is 10.9. The third kappa shape index (κ3) is 6.57. The second-order valence-corrected chi connectivity index (χ2v) is 3.37. The topological polar surface area (TPSA) is 121 Å². The van der Waals surface area contributed by atoms with Gasteiger partial charge in [-0.05, 0) is 12.1 Å². The largest absolute Gasteiger partial charge is 0.481 e. The van der Waals surface area contributed by atoms with E-state index in [1.165, 1.54) is 0 Å². The van der Waals surface area contributed by atoms with Crippen molar-refractivity contribution in [3.63, 3.8) is 0 Å². The van der Waals surface area contributed by atoms with Gasteiger partial charge in [0.15, 0.2) is 0 Å². The van der Waals surface area contributed by atoms with Crippen LogP contribution in [-0.4, -0.2) is 34.0 Å². The third-order valence-electron chi connectivity index (χ3n) is 1.64. The van der Waals surface area contributed by atoms with Gasteiger partial charge in [-0.1, -0.05) is 12.1 Å². The molecule has 1 aliphatic rings. The smallest absolute Gasteiger partial charge is 0.300 e. The molecule has 0 aromatic heterocycles. The van der Waals surface area contributed by atoms with E-state index in [1.807, 2.05) is 0 Å². The van der Waals surface area contributed by atoms with Gasteiger partial charge >= 0.3 is 0 Å². The Labute approximate surface area is 108 Å². The van der Waals surface area contributed by atoms with E-state index in [2.05, 4.69) is 5.32 Å². The molecule has 1 aromatic carbocycles. The monoisotopic (exact) mass is 267 g/mol. The van der Waals surface area contributed by atoms with Crippen molar-refractivity contribution in [3.05, 3.63) is 35.4 Å². The van der Waals surface area contributed by atoms with Crippen molar-refractivity contribution in [1.82, 2.24) is 5.32 Å². The van der Waals surface area contributed by atoms with Crippen LogP contribution in [0.1, 0.15) is 34.6 Å². The van der Waals surface area contributed by atoms with Gasteiger partial charge in [-0.2, -0.15) is 0 Å². The van der Waals surface area contributed by atoms with Crippen molar-refractivity contribution in [3.8, 4) is 0 Å². The van der Waals surface area contributed by atoms with E-state index in [4.69, 9.17) is 19.8 Å². The molecule has 102 valence electrons. The quantitative estimate of drug-likeness (QED) is 0.596. The molecule has 0 radical (unpaired) electrons. The van der Waals surface area contributed by atoms with Crippen LogP contribution < -0.4 is 5.32 Å². The first kappa shape index (κ1) is 16.3. The maximum Gasteiger partial charge on any atom is 0.300 e. The minimum absolute atomic E-state index is 0.300. The number of hydrogen-bond acceptors (Lipinski definition) is 4. The number of nitrogens with one attached hydrogen (secondary N) is 1. The van der Waals surface area contributed by atoms with Crippen LogP contribution in [0.5, 0.6) is 0 Å². The molecular weight excluding hydrogens is 254 g/mol. The highest BCUT2D eigenvalue weighted by atomic mass is 16.4. The van der Waals surface area contributed by atoms with E-state index >= 15 is 0 Å². The zero-order valence-electron chi connectivity index (χ0n) is 10.3. The number of amides is 2. The molecule has 0 atom stereocenters. The first-order valence-electron chi connectivity index (χ1n) is 5.09. The summed E-state index contributed by atoms with van der Waals surface area (Å²) in [5.41, 5.74) is 0.940. The minimum Gasteiger partial charge on any atom is -0.481 e. The molecular formula is C12H13NO6. The number of benzene rings is 1. The number of carbonyl (C=O) groups is 4. The van der Waals surface area contributed by atoms with E-state index in [9.17, 15) is 9.59 Å². The van der Waals surface area contributed by atoms with Crippen molar-refractivity contribution < 1.29 is 29.4 Å². The zero-order chi connectivity index (χ0) is 15.0. The molecule has 0 aliphatic carbocycles. The Hall–Kier alpha value is -2.70. The number of hydrogen-bond donors (Lipinski definition) is 3. The van der Waals surface area contributed by atoms with Gasteiger partial charge in [-0.15, -0.1) is 0 Å². The first-order valence-corrected chi connectivity index (χ1v) is 5.09. The van der Waals surface area contributed by atoms with Crippen molar-refractivity contribution in [1.29, 1.82) is 0 Å². The van der Waals surface area contributed by atoms with Gasteiger partial charge in [0.25, 0.3) is 23.8 Å². The van der Waals surface area contributed by atoms with Crippen molar-refractivity contribution in [2.75, 3.05) is 0 Å². The molecule has 2 amide bonds. The summed E-state index contributed by atoms with van der Waals surface area (Å²) in [4.78, 5) is 39.9. The lowest BCUT2D eigenvalue weighted by molar-refractivity contribution is -0.135. The van der Waals surface area contributed by atoms with Gasteiger partial charge in [-0.25, -0.2) is 0 Å². The average molecular weight is 267 g/mol. The van der Waals surface area contributed by atoms with Gasteiger partial charge in [0.05, 0.1) is 11.1 Å². The van der Waals surface area contributed by atoms with E-state index in [1.54, 1.807) is 24.3 Å². The second-order valence-electron chi connectivity index (χ2n) is 3.37. The van der Waals surface area contributed by atoms with Crippen LogP contribution in [0.3, 0.4) is 0 Å². The van der Waals surface area contributed by atoms with Crippen LogP contribution in [-0.2, 0) is 9.59 Å². The Balaban J connectivity index is 0.000000342. The Bertz CT molecular complexity index is 456. The molecule has 0 fully saturated rings. The van der Waals surface area contributed by atoms with Crippen LogP contribution in [0.25, 0.3) is 0 Å². The lowest BCUT2D eigenvalue weighted by atomic mass is 10.1. The van der Waals surface area contributed by atoms with Crippen molar-refractivity contribution in [2.45, 2.75) is 13.8 Å². The number of carboxylic acids is 2. The number of carboxylic acid groups (broad SMARTS) is 2.